The third-order valence-electron chi connectivity index (χ3n) is 4.64. The number of nitrogens with zero attached hydrogens (tertiary/aromatic N) is 1. The molecule has 1 aromatic carbocycles. The summed E-state index contributed by atoms with van der Waals surface area (Å²) in [6, 6.07) is 9.48. The van der Waals surface area contributed by atoms with Gasteiger partial charge >= 0.3 is 5.97 Å². The van der Waals surface area contributed by atoms with Crippen molar-refractivity contribution in [2.24, 2.45) is 5.92 Å². The van der Waals surface area contributed by atoms with Crippen molar-refractivity contribution >= 4 is 28.3 Å². The monoisotopic (exact) mass is 372 g/mol. The number of carbonyl (C=O) groups excluding carboxylic acids is 2. The SMILES string of the molecule is CCOC(=O)c1sc(NC(=O)CCC2CCCC2)nc1-c1ccccc1. The van der Waals surface area contributed by atoms with Crippen LogP contribution >= 0.6 is 11.3 Å². The average molecular weight is 372 g/mol. The van der Waals surface area contributed by atoms with E-state index in [1.165, 1.54) is 37.0 Å². The minimum Gasteiger partial charge on any atom is -0.462 e. The number of benzene rings is 1. The normalized spacial score (nSPS) is 14.3. The van der Waals surface area contributed by atoms with Crippen molar-refractivity contribution in [2.45, 2.75) is 45.4 Å². The summed E-state index contributed by atoms with van der Waals surface area (Å²) < 4.78 is 5.14. The molecule has 0 aliphatic heterocycles. The maximum absolute atomic E-state index is 12.3. The number of esters is 1. The van der Waals surface area contributed by atoms with E-state index in [4.69, 9.17) is 4.74 Å². The van der Waals surface area contributed by atoms with E-state index in [-0.39, 0.29) is 5.91 Å². The van der Waals surface area contributed by atoms with Crippen molar-refractivity contribution in [3.05, 3.63) is 35.2 Å². The molecular weight excluding hydrogens is 348 g/mol. The summed E-state index contributed by atoms with van der Waals surface area (Å²) in [5, 5.41) is 3.30. The van der Waals surface area contributed by atoms with Gasteiger partial charge in [0.2, 0.25) is 5.91 Å². The molecule has 0 saturated heterocycles. The molecule has 1 aliphatic carbocycles. The molecule has 1 N–H and O–H groups in total. The molecule has 1 aromatic heterocycles. The Kier molecular flexibility index (Phi) is 6.39. The lowest BCUT2D eigenvalue weighted by molar-refractivity contribution is -0.116. The molecule has 1 heterocycles. The molecule has 6 heteroatoms. The van der Waals surface area contributed by atoms with Crippen LogP contribution in [-0.2, 0) is 9.53 Å². The standard InChI is InChI=1S/C20H24N2O3S/c1-2-25-19(24)18-17(15-10-4-3-5-11-15)22-20(26-18)21-16(23)13-12-14-8-6-7-9-14/h3-5,10-11,14H,2,6-9,12-13H2,1H3,(H,21,22,23). The van der Waals surface area contributed by atoms with Gasteiger partial charge in [0, 0.05) is 12.0 Å². The van der Waals surface area contributed by atoms with Crippen molar-refractivity contribution in [1.29, 1.82) is 0 Å². The fourth-order valence-corrected chi connectivity index (χ4v) is 4.21. The predicted octanol–water partition coefficient (Wildman–Crippen LogP) is 4.90. The zero-order chi connectivity index (χ0) is 18.4. The highest BCUT2D eigenvalue weighted by molar-refractivity contribution is 7.18. The third kappa shape index (κ3) is 4.69. The molecule has 1 saturated carbocycles. The number of hydrogen-bond acceptors (Lipinski definition) is 5. The molecule has 0 radical (unpaired) electrons. The van der Waals surface area contributed by atoms with Gasteiger partial charge in [0.15, 0.2) is 5.13 Å². The van der Waals surface area contributed by atoms with Crippen LogP contribution in [0.2, 0.25) is 0 Å². The van der Waals surface area contributed by atoms with Crippen LogP contribution in [0.5, 0.6) is 0 Å². The van der Waals surface area contributed by atoms with Crippen LogP contribution < -0.4 is 5.32 Å². The van der Waals surface area contributed by atoms with Gasteiger partial charge in [0.25, 0.3) is 0 Å². The largest absolute Gasteiger partial charge is 0.462 e. The van der Waals surface area contributed by atoms with Crippen molar-refractivity contribution in [1.82, 2.24) is 4.98 Å². The smallest absolute Gasteiger partial charge is 0.350 e. The molecule has 138 valence electrons. The van der Waals surface area contributed by atoms with Crippen LogP contribution in [0, 0.1) is 5.92 Å². The first-order valence-corrected chi connectivity index (χ1v) is 10.0. The Morgan fingerprint density at radius 2 is 1.96 bits per heavy atom. The highest BCUT2D eigenvalue weighted by Crippen LogP contribution is 2.32. The van der Waals surface area contributed by atoms with Crippen molar-refractivity contribution in [2.75, 3.05) is 11.9 Å². The molecule has 1 aliphatic rings. The number of carbonyl (C=O) groups is 2. The van der Waals surface area contributed by atoms with Gasteiger partial charge in [-0.1, -0.05) is 67.4 Å². The quantitative estimate of drug-likeness (QED) is 0.702. The molecule has 2 aromatic rings. The van der Waals surface area contributed by atoms with Crippen LogP contribution in [-0.4, -0.2) is 23.5 Å². The Labute approximate surface area is 157 Å². The first-order chi connectivity index (χ1) is 12.7. The molecule has 0 bridgehead atoms. The fourth-order valence-electron chi connectivity index (χ4n) is 3.32. The highest BCUT2D eigenvalue weighted by Gasteiger charge is 2.22. The molecule has 5 nitrogen and oxygen atoms in total. The number of amides is 1. The fraction of sp³-hybridized carbons (Fsp3) is 0.450. The van der Waals surface area contributed by atoms with Gasteiger partial charge in [-0.05, 0) is 19.3 Å². The lowest BCUT2D eigenvalue weighted by Gasteiger charge is -2.07. The van der Waals surface area contributed by atoms with Gasteiger partial charge in [-0.25, -0.2) is 9.78 Å². The summed E-state index contributed by atoms with van der Waals surface area (Å²) in [6.07, 6.45) is 6.45. The number of rotatable bonds is 7. The van der Waals surface area contributed by atoms with Gasteiger partial charge < -0.3 is 10.1 Å². The second-order valence-corrected chi connectivity index (χ2v) is 7.52. The number of anilines is 1. The van der Waals surface area contributed by atoms with Crippen molar-refractivity contribution < 1.29 is 14.3 Å². The minimum atomic E-state index is -0.407. The van der Waals surface area contributed by atoms with Crippen LogP contribution in [0.25, 0.3) is 11.3 Å². The van der Waals surface area contributed by atoms with E-state index in [0.29, 0.717) is 34.6 Å². The third-order valence-corrected chi connectivity index (χ3v) is 5.59. The zero-order valence-corrected chi connectivity index (χ0v) is 15.8. The van der Waals surface area contributed by atoms with Gasteiger partial charge in [0.05, 0.1) is 12.3 Å². The second kappa shape index (κ2) is 8.94. The van der Waals surface area contributed by atoms with E-state index < -0.39 is 5.97 Å². The predicted molar refractivity (Wildman–Crippen MR) is 103 cm³/mol. The number of hydrogen-bond donors (Lipinski definition) is 1. The summed E-state index contributed by atoms with van der Waals surface area (Å²) in [5.41, 5.74) is 1.39. The van der Waals surface area contributed by atoms with Crippen LogP contribution in [0.1, 0.15) is 55.1 Å². The summed E-state index contributed by atoms with van der Waals surface area (Å²) in [4.78, 5) is 29.4. The Balaban J connectivity index is 1.72. The molecule has 0 atom stereocenters. The second-order valence-electron chi connectivity index (χ2n) is 6.52. The van der Waals surface area contributed by atoms with Gasteiger partial charge in [-0.3, -0.25) is 4.79 Å². The molecule has 1 fully saturated rings. The van der Waals surface area contributed by atoms with Crippen molar-refractivity contribution in [3.8, 4) is 11.3 Å². The van der Waals surface area contributed by atoms with E-state index in [0.717, 1.165) is 12.0 Å². The summed E-state index contributed by atoms with van der Waals surface area (Å²) in [6.45, 7) is 2.07. The van der Waals surface area contributed by atoms with E-state index in [1.54, 1.807) is 6.92 Å². The Morgan fingerprint density at radius 3 is 2.65 bits per heavy atom. The van der Waals surface area contributed by atoms with Crippen molar-refractivity contribution in [3.63, 3.8) is 0 Å². The molecule has 3 rings (SSSR count). The van der Waals surface area contributed by atoms with Crippen LogP contribution in [0.4, 0.5) is 5.13 Å². The molecular formula is C20H24N2O3S. The number of nitrogens with one attached hydrogen (secondary N) is 1. The minimum absolute atomic E-state index is 0.0410. The van der Waals surface area contributed by atoms with E-state index in [9.17, 15) is 9.59 Å². The average Bonchev–Trinajstić information content (AvgIpc) is 3.31. The lowest BCUT2D eigenvalue weighted by Crippen LogP contribution is -2.12. The van der Waals surface area contributed by atoms with E-state index in [1.807, 2.05) is 30.3 Å². The first kappa shape index (κ1) is 18.6. The van der Waals surface area contributed by atoms with Crippen LogP contribution in [0.3, 0.4) is 0 Å². The Morgan fingerprint density at radius 1 is 1.23 bits per heavy atom. The lowest BCUT2D eigenvalue weighted by atomic mass is 10.0. The van der Waals surface area contributed by atoms with Crippen LogP contribution in [0.15, 0.2) is 30.3 Å². The maximum Gasteiger partial charge on any atom is 0.350 e. The number of thiazole rings is 1. The van der Waals surface area contributed by atoms with E-state index in [2.05, 4.69) is 10.3 Å². The number of ether oxygens (including phenoxy) is 1. The Bertz CT molecular complexity index is 752. The maximum atomic E-state index is 12.3. The molecule has 0 unspecified atom stereocenters. The van der Waals surface area contributed by atoms with Gasteiger partial charge in [-0.2, -0.15) is 0 Å². The highest BCUT2D eigenvalue weighted by atomic mass is 32.1. The van der Waals surface area contributed by atoms with Gasteiger partial charge in [-0.15, -0.1) is 0 Å². The first-order valence-electron chi connectivity index (χ1n) is 9.20. The molecule has 26 heavy (non-hydrogen) atoms. The Hall–Kier alpha value is -2.21. The summed E-state index contributed by atoms with van der Waals surface area (Å²) in [7, 11) is 0. The molecule has 1 amide bonds. The summed E-state index contributed by atoms with van der Waals surface area (Å²) in [5.74, 6) is 0.225. The zero-order valence-electron chi connectivity index (χ0n) is 15.0. The van der Waals surface area contributed by atoms with Gasteiger partial charge in [0.1, 0.15) is 4.88 Å². The topological polar surface area (TPSA) is 68.3 Å². The van der Waals surface area contributed by atoms with E-state index >= 15 is 0 Å². The summed E-state index contributed by atoms with van der Waals surface area (Å²) >= 11 is 1.17. The number of aromatic nitrogens is 1. The molecule has 0 spiro atoms.